The molecule has 7 heteroatoms. The van der Waals surface area contributed by atoms with E-state index in [0.29, 0.717) is 11.3 Å². The third-order valence-electron chi connectivity index (χ3n) is 2.34. The van der Waals surface area contributed by atoms with Crippen LogP contribution in [0.3, 0.4) is 0 Å². The van der Waals surface area contributed by atoms with E-state index in [1.165, 1.54) is 0 Å². The molecule has 5 N–H and O–H groups in total. The van der Waals surface area contributed by atoms with E-state index in [4.69, 9.17) is 11.6 Å². The Morgan fingerprint density at radius 1 is 1.35 bits per heavy atom. The number of halogens is 4. The molecule has 0 spiro atoms. The average molecular weight is 312 g/mol. The Kier molecular flexibility index (Phi) is 4.79. The lowest BCUT2D eigenvalue weighted by molar-refractivity contribution is -0.136. The molecule has 0 aromatic heterocycles. The molecule has 0 aliphatic heterocycles. The van der Waals surface area contributed by atoms with E-state index in [0.717, 1.165) is 4.47 Å². The number of anilines is 1. The van der Waals surface area contributed by atoms with Gasteiger partial charge in [-0.3, -0.25) is 11.3 Å². The van der Waals surface area contributed by atoms with Crippen molar-refractivity contribution < 1.29 is 13.2 Å². The molecule has 0 bridgehead atoms. The van der Waals surface area contributed by atoms with E-state index in [1.807, 2.05) is 0 Å². The summed E-state index contributed by atoms with van der Waals surface area (Å²) in [6.45, 7) is 0. The van der Waals surface area contributed by atoms with Crippen LogP contribution in [0, 0.1) is 0 Å². The second-order valence-electron chi connectivity index (χ2n) is 3.65. The van der Waals surface area contributed by atoms with Gasteiger partial charge in [0.25, 0.3) is 0 Å². The Labute approximate surface area is 105 Å². The number of alkyl halides is 3. The van der Waals surface area contributed by atoms with Gasteiger partial charge in [0.2, 0.25) is 0 Å². The molecule has 1 aromatic rings. The maximum absolute atomic E-state index is 12.1. The number of nitrogen functional groups attached to an aromatic ring is 1. The zero-order valence-corrected chi connectivity index (χ0v) is 10.5. The lowest BCUT2D eigenvalue weighted by Gasteiger charge is -2.19. The average Bonchev–Trinajstić information content (AvgIpc) is 2.22. The number of nitrogens with one attached hydrogen (secondary N) is 1. The van der Waals surface area contributed by atoms with Crippen molar-refractivity contribution in [1.82, 2.24) is 5.43 Å². The molecular weight excluding hydrogens is 299 g/mol. The monoisotopic (exact) mass is 311 g/mol. The van der Waals surface area contributed by atoms with Crippen LogP contribution in [0.1, 0.15) is 24.4 Å². The quantitative estimate of drug-likeness (QED) is 0.455. The topological polar surface area (TPSA) is 64.1 Å². The van der Waals surface area contributed by atoms with Gasteiger partial charge in [-0.05, 0) is 30.2 Å². The van der Waals surface area contributed by atoms with Crippen molar-refractivity contribution in [1.29, 1.82) is 0 Å². The molecule has 1 atom stereocenters. The number of hydrazine groups is 1. The van der Waals surface area contributed by atoms with Crippen molar-refractivity contribution in [2.75, 3.05) is 5.73 Å². The molecule has 0 radical (unpaired) electrons. The van der Waals surface area contributed by atoms with Gasteiger partial charge < -0.3 is 5.73 Å². The normalized spacial score (nSPS) is 13.7. The number of nitrogens with two attached hydrogens (primary N) is 2. The third-order valence-corrected chi connectivity index (χ3v) is 2.84. The summed E-state index contributed by atoms with van der Waals surface area (Å²) in [7, 11) is 0. The van der Waals surface area contributed by atoms with E-state index >= 15 is 0 Å². The first-order valence-corrected chi connectivity index (χ1v) is 5.70. The first kappa shape index (κ1) is 14.3. The van der Waals surface area contributed by atoms with Crippen LogP contribution in [0.4, 0.5) is 18.9 Å². The Morgan fingerprint density at radius 2 is 2.00 bits per heavy atom. The molecular formula is C10H13BrF3N3. The van der Waals surface area contributed by atoms with Crippen molar-refractivity contribution >= 4 is 21.6 Å². The van der Waals surface area contributed by atoms with E-state index in [1.54, 1.807) is 18.2 Å². The first-order valence-electron chi connectivity index (χ1n) is 4.91. The molecule has 0 saturated carbocycles. The lowest BCUT2D eigenvalue weighted by atomic mass is 10.0. The van der Waals surface area contributed by atoms with E-state index in [2.05, 4.69) is 21.4 Å². The highest BCUT2D eigenvalue weighted by Crippen LogP contribution is 2.31. The molecule has 0 fully saturated rings. The zero-order valence-electron chi connectivity index (χ0n) is 8.89. The second-order valence-corrected chi connectivity index (χ2v) is 4.56. The second kappa shape index (κ2) is 5.70. The van der Waals surface area contributed by atoms with E-state index in [-0.39, 0.29) is 6.42 Å². The summed E-state index contributed by atoms with van der Waals surface area (Å²) in [4.78, 5) is 0. The largest absolute Gasteiger partial charge is 0.398 e. The van der Waals surface area contributed by atoms with Crippen molar-refractivity contribution in [2.45, 2.75) is 25.1 Å². The number of hydrogen-bond donors (Lipinski definition) is 3. The van der Waals surface area contributed by atoms with Gasteiger partial charge in [0.05, 0.1) is 0 Å². The number of rotatable bonds is 4. The van der Waals surface area contributed by atoms with E-state index in [9.17, 15) is 13.2 Å². The molecule has 0 amide bonds. The van der Waals surface area contributed by atoms with Gasteiger partial charge in [-0.15, -0.1) is 0 Å². The van der Waals surface area contributed by atoms with Crippen LogP contribution in [0.15, 0.2) is 22.7 Å². The highest BCUT2D eigenvalue weighted by Gasteiger charge is 2.28. The molecule has 1 rings (SSSR count). The Balaban J connectivity index is 2.82. The fraction of sp³-hybridized carbons (Fsp3) is 0.400. The molecule has 96 valence electrons. The summed E-state index contributed by atoms with van der Waals surface area (Å²) in [6, 6.07) is 4.39. The fourth-order valence-corrected chi connectivity index (χ4v) is 1.86. The van der Waals surface area contributed by atoms with Crippen LogP contribution >= 0.6 is 15.9 Å². The van der Waals surface area contributed by atoms with Gasteiger partial charge >= 0.3 is 6.18 Å². The molecule has 0 saturated heterocycles. The van der Waals surface area contributed by atoms with Crippen LogP contribution in [0.25, 0.3) is 0 Å². The van der Waals surface area contributed by atoms with Gasteiger partial charge in [0, 0.05) is 22.6 Å². The van der Waals surface area contributed by atoms with E-state index < -0.39 is 18.6 Å². The fourth-order valence-electron chi connectivity index (χ4n) is 1.48. The Morgan fingerprint density at radius 3 is 2.53 bits per heavy atom. The summed E-state index contributed by atoms with van der Waals surface area (Å²) < 4.78 is 37.2. The van der Waals surface area contributed by atoms with Gasteiger partial charge in [0.1, 0.15) is 0 Å². The summed E-state index contributed by atoms with van der Waals surface area (Å²) in [6.07, 6.45) is -5.26. The first-order chi connectivity index (χ1) is 7.83. The minimum atomic E-state index is -4.20. The maximum atomic E-state index is 12.1. The predicted molar refractivity (Wildman–Crippen MR) is 63.9 cm³/mol. The van der Waals surface area contributed by atoms with Crippen molar-refractivity contribution in [3.8, 4) is 0 Å². The van der Waals surface area contributed by atoms with Crippen LogP contribution in [-0.4, -0.2) is 6.18 Å². The summed E-state index contributed by atoms with van der Waals surface area (Å²) in [5, 5.41) is 0. The van der Waals surface area contributed by atoms with Crippen LogP contribution in [0.5, 0.6) is 0 Å². The van der Waals surface area contributed by atoms with Gasteiger partial charge in [-0.2, -0.15) is 13.2 Å². The Bertz CT molecular complexity index is 382. The van der Waals surface area contributed by atoms with Gasteiger partial charge in [-0.1, -0.05) is 15.9 Å². The highest BCUT2D eigenvalue weighted by molar-refractivity contribution is 9.10. The minimum Gasteiger partial charge on any atom is -0.398 e. The van der Waals surface area contributed by atoms with Gasteiger partial charge in [0.15, 0.2) is 0 Å². The standard InChI is InChI=1S/C10H13BrF3N3/c11-6-1-2-8(15)7(5-6)9(17-16)3-4-10(12,13)14/h1-2,5,9,17H,3-4,15-16H2. The van der Waals surface area contributed by atoms with Crippen LogP contribution in [0.2, 0.25) is 0 Å². The summed E-state index contributed by atoms with van der Waals surface area (Å²) in [5.74, 6) is 5.26. The number of hydrogen-bond acceptors (Lipinski definition) is 3. The minimum absolute atomic E-state index is 0.152. The van der Waals surface area contributed by atoms with Crippen molar-refractivity contribution in [3.63, 3.8) is 0 Å². The molecule has 3 nitrogen and oxygen atoms in total. The number of benzene rings is 1. The molecule has 17 heavy (non-hydrogen) atoms. The third kappa shape index (κ3) is 4.53. The molecule has 0 aliphatic rings. The molecule has 0 aliphatic carbocycles. The van der Waals surface area contributed by atoms with Gasteiger partial charge in [-0.25, -0.2) is 0 Å². The predicted octanol–water partition coefficient (Wildman–Crippen LogP) is 2.88. The SMILES string of the molecule is NNC(CCC(F)(F)F)c1cc(Br)ccc1N. The smallest absolute Gasteiger partial charge is 0.389 e. The maximum Gasteiger partial charge on any atom is 0.389 e. The lowest BCUT2D eigenvalue weighted by Crippen LogP contribution is -2.29. The molecule has 1 unspecified atom stereocenters. The molecule has 0 heterocycles. The Hall–Kier alpha value is -0.790. The van der Waals surface area contributed by atoms with Crippen LogP contribution < -0.4 is 17.0 Å². The molecule has 1 aromatic carbocycles. The highest BCUT2D eigenvalue weighted by atomic mass is 79.9. The zero-order chi connectivity index (χ0) is 13.1. The van der Waals surface area contributed by atoms with Crippen molar-refractivity contribution in [3.05, 3.63) is 28.2 Å². The van der Waals surface area contributed by atoms with Crippen LogP contribution in [-0.2, 0) is 0 Å². The summed E-state index contributed by atoms with van der Waals surface area (Å²) in [5.41, 5.74) is 9.04. The summed E-state index contributed by atoms with van der Waals surface area (Å²) >= 11 is 3.24. The van der Waals surface area contributed by atoms with Crippen molar-refractivity contribution in [2.24, 2.45) is 5.84 Å².